The topological polar surface area (TPSA) is 106 Å². The molecule has 0 atom stereocenters. The van der Waals surface area contributed by atoms with Gasteiger partial charge in [-0.05, 0) is 24.2 Å². The van der Waals surface area contributed by atoms with Gasteiger partial charge in [0.1, 0.15) is 0 Å². The maximum absolute atomic E-state index is 12.5. The maximum Gasteiger partial charge on any atom is 0.314 e. The van der Waals surface area contributed by atoms with Crippen LogP contribution in [-0.4, -0.2) is 48.7 Å². The monoisotopic (exact) mass is 324 g/mol. The van der Waals surface area contributed by atoms with Crippen LogP contribution in [0.25, 0.3) is 11.0 Å². The molecule has 2 heterocycles. The van der Waals surface area contributed by atoms with Crippen molar-refractivity contribution in [3.63, 3.8) is 0 Å². The van der Waals surface area contributed by atoms with Gasteiger partial charge in [0.05, 0.1) is 15.9 Å². The molecule has 0 amide bonds. The lowest BCUT2D eigenvalue weighted by molar-refractivity contribution is 0.352. The molecule has 2 aromatic rings. The summed E-state index contributed by atoms with van der Waals surface area (Å²) in [4.78, 5) is 30.2. The lowest BCUT2D eigenvalue weighted by Crippen LogP contribution is -2.30. The average molecular weight is 324 g/mol. The highest BCUT2D eigenvalue weighted by molar-refractivity contribution is 7.89. The Labute approximate surface area is 126 Å². The molecule has 0 saturated carbocycles. The van der Waals surface area contributed by atoms with Gasteiger partial charge >= 0.3 is 11.1 Å². The number of nitrogens with zero attached hydrogens (tertiary/aromatic N) is 2. The second-order valence-electron chi connectivity index (χ2n) is 5.62. The Morgan fingerprint density at radius 1 is 1.09 bits per heavy atom. The van der Waals surface area contributed by atoms with E-state index < -0.39 is 21.1 Å². The van der Waals surface area contributed by atoms with Crippen LogP contribution < -0.4 is 11.1 Å². The average Bonchev–Trinajstić information content (AvgIpc) is 2.81. The number of aromatic nitrogens is 2. The third kappa shape index (κ3) is 2.09. The number of aromatic amines is 2. The molecule has 2 N–H and O–H groups in total. The van der Waals surface area contributed by atoms with Gasteiger partial charge in [0.15, 0.2) is 0 Å². The van der Waals surface area contributed by atoms with Gasteiger partial charge in [-0.3, -0.25) is 14.5 Å². The predicted octanol–water partition coefficient (Wildman–Crippen LogP) is -0.588. The fraction of sp³-hybridized carbons (Fsp3) is 0.385. The molecular formula is C13H16N4O4S. The number of benzene rings is 1. The fourth-order valence-corrected chi connectivity index (χ4v) is 3.87. The van der Waals surface area contributed by atoms with E-state index in [1.54, 1.807) is 0 Å². The van der Waals surface area contributed by atoms with Crippen LogP contribution in [0.2, 0.25) is 0 Å². The van der Waals surface area contributed by atoms with Gasteiger partial charge < -0.3 is 9.97 Å². The van der Waals surface area contributed by atoms with E-state index in [9.17, 15) is 18.0 Å². The summed E-state index contributed by atoms with van der Waals surface area (Å²) in [6.07, 6.45) is 0. The van der Waals surface area contributed by atoms with Gasteiger partial charge in [0.25, 0.3) is 0 Å². The molecule has 0 spiro atoms. The molecular weight excluding hydrogens is 308 g/mol. The van der Waals surface area contributed by atoms with E-state index in [-0.39, 0.29) is 4.90 Å². The smallest absolute Gasteiger partial charge is 0.314 e. The van der Waals surface area contributed by atoms with Crippen LogP contribution in [0.3, 0.4) is 0 Å². The van der Waals surface area contributed by atoms with Crippen molar-refractivity contribution in [3.05, 3.63) is 37.9 Å². The van der Waals surface area contributed by atoms with Crippen molar-refractivity contribution < 1.29 is 8.42 Å². The molecule has 1 aliphatic rings. The van der Waals surface area contributed by atoms with Gasteiger partial charge in [-0.15, -0.1) is 0 Å². The van der Waals surface area contributed by atoms with Gasteiger partial charge in [0.2, 0.25) is 10.0 Å². The van der Waals surface area contributed by atoms with Crippen LogP contribution in [0.1, 0.15) is 11.1 Å². The Morgan fingerprint density at radius 3 is 2.32 bits per heavy atom. The zero-order valence-corrected chi connectivity index (χ0v) is 13.2. The molecule has 0 fully saturated rings. The lowest BCUT2D eigenvalue weighted by Gasteiger charge is -2.16. The number of hydrogen-bond acceptors (Lipinski definition) is 5. The second kappa shape index (κ2) is 4.77. The summed E-state index contributed by atoms with van der Waals surface area (Å²) in [5.41, 5.74) is 0.653. The highest BCUT2D eigenvalue weighted by Crippen LogP contribution is 2.33. The first-order chi connectivity index (χ1) is 10.2. The van der Waals surface area contributed by atoms with E-state index in [1.165, 1.54) is 20.2 Å². The number of nitrogens with one attached hydrogen (secondary N) is 2. The maximum atomic E-state index is 12.5. The van der Waals surface area contributed by atoms with E-state index >= 15 is 0 Å². The minimum atomic E-state index is -3.65. The Kier molecular flexibility index (Phi) is 3.24. The lowest BCUT2D eigenvalue weighted by atomic mass is 10.1. The summed E-state index contributed by atoms with van der Waals surface area (Å²) in [5.74, 6) is 0. The van der Waals surface area contributed by atoms with Crippen molar-refractivity contribution in [2.24, 2.45) is 0 Å². The molecule has 9 heteroatoms. The minimum Gasteiger partial charge on any atom is -0.316 e. The first-order valence-corrected chi connectivity index (χ1v) is 8.08. The third-order valence-corrected chi connectivity index (χ3v) is 5.70. The fourth-order valence-electron chi connectivity index (χ4n) is 2.71. The first kappa shape index (κ1) is 14.9. The molecule has 0 saturated heterocycles. The van der Waals surface area contributed by atoms with Crippen LogP contribution in [0.4, 0.5) is 0 Å². The second-order valence-corrected chi connectivity index (χ2v) is 7.74. The number of hydrogen-bond donors (Lipinski definition) is 2. The number of rotatable bonds is 2. The van der Waals surface area contributed by atoms with Crippen molar-refractivity contribution >= 4 is 21.1 Å². The molecule has 1 aromatic heterocycles. The van der Waals surface area contributed by atoms with E-state index in [0.717, 1.165) is 9.87 Å². The zero-order chi connectivity index (χ0) is 16.2. The quantitative estimate of drug-likeness (QED) is 0.718. The van der Waals surface area contributed by atoms with Crippen LogP contribution in [0, 0.1) is 0 Å². The Bertz CT molecular complexity index is 987. The number of sulfonamides is 1. The van der Waals surface area contributed by atoms with Crippen LogP contribution in [0.5, 0.6) is 0 Å². The van der Waals surface area contributed by atoms with Crippen molar-refractivity contribution in [2.45, 2.75) is 18.0 Å². The summed E-state index contributed by atoms with van der Waals surface area (Å²) in [5, 5.41) is 0. The van der Waals surface area contributed by atoms with Gasteiger partial charge in [-0.25, -0.2) is 12.7 Å². The predicted molar refractivity (Wildman–Crippen MR) is 81.2 cm³/mol. The molecule has 8 nitrogen and oxygen atoms in total. The van der Waals surface area contributed by atoms with Crippen molar-refractivity contribution in [3.8, 4) is 0 Å². The Morgan fingerprint density at radius 2 is 1.68 bits per heavy atom. The van der Waals surface area contributed by atoms with E-state index in [2.05, 4.69) is 9.97 Å². The summed E-state index contributed by atoms with van der Waals surface area (Å²) in [6.45, 7) is 0.972. The normalized spacial score (nSPS) is 15.6. The highest BCUT2D eigenvalue weighted by Gasteiger charge is 2.30. The highest BCUT2D eigenvalue weighted by atomic mass is 32.2. The SMILES string of the molecule is CN1Cc2c(S(=O)(=O)N(C)C)cc3[nH]c(=O)c(=O)[nH]c3c2C1. The molecule has 1 aliphatic heterocycles. The minimum absolute atomic E-state index is 0.159. The summed E-state index contributed by atoms with van der Waals surface area (Å²) in [7, 11) is 1.13. The van der Waals surface area contributed by atoms with E-state index in [1.807, 2.05) is 11.9 Å². The zero-order valence-electron chi connectivity index (χ0n) is 12.4. The van der Waals surface area contributed by atoms with Crippen LogP contribution >= 0.6 is 0 Å². The molecule has 22 heavy (non-hydrogen) atoms. The first-order valence-electron chi connectivity index (χ1n) is 6.64. The van der Waals surface area contributed by atoms with Crippen LogP contribution in [0.15, 0.2) is 20.6 Å². The molecule has 0 bridgehead atoms. The summed E-state index contributed by atoms with van der Waals surface area (Å²) >= 11 is 0. The van der Waals surface area contributed by atoms with Crippen molar-refractivity contribution in [1.82, 2.24) is 19.2 Å². The van der Waals surface area contributed by atoms with Crippen LogP contribution in [-0.2, 0) is 23.1 Å². The van der Waals surface area contributed by atoms with E-state index in [0.29, 0.717) is 29.7 Å². The van der Waals surface area contributed by atoms with Gasteiger partial charge in [-0.1, -0.05) is 0 Å². The van der Waals surface area contributed by atoms with Gasteiger partial charge in [-0.2, -0.15) is 0 Å². The van der Waals surface area contributed by atoms with E-state index in [4.69, 9.17) is 0 Å². The Hall–Kier alpha value is -1.97. The van der Waals surface area contributed by atoms with Crippen molar-refractivity contribution in [2.75, 3.05) is 21.1 Å². The van der Waals surface area contributed by atoms with Crippen molar-refractivity contribution in [1.29, 1.82) is 0 Å². The van der Waals surface area contributed by atoms with Gasteiger partial charge in [0, 0.05) is 27.2 Å². The molecule has 0 aliphatic carbocycles. The summed E-state index contributed by atoms with van der Waals surface area (Å²) in [6, 6.07) is 1.42. The summed E-state index contributed by atoms with van der Waals surface area (Å²) < 4.78 is 26.2. The molecule has 3 rings (SSSR count). The Balaban J connectivity index is 2.46. The standard InChI is InChI=1S/C13H16N4O4S/c1-16(2)22(20,21)10-4-9-11(15-13(19)12(18)14-9)8-6-17(3)5-7(8)10/h4H,5-6H2,1-3H3,(H,14,18)(H,15,19). The largest absolute Gasteiger partial charge is 0.316 e. The molecule has 0 radical (unpaired) electrons. The third-order valence-electron chi connectivity index (χ3n) is 3.82. The number of H-pyrrole nitrogens is 2. The molecule has 0 unspecified atom stereocenters. The molecule has 1 aromatic carbocycles. The molecule has 118 valence electrons. The number of fused-ring (bicyclic) bond motifs is 3.